The number of nitrogens with zero attached hydrogens (tertiary/aromatic N) is 6. The molecule has 2 aromatic heterocycles. The van der Waals surface area contributed by atoms with Crippen molar-refractivity contribution >= 4 is 57.2 Å². The minimum Gasteiger partial charge on any atom is -0.505 e. The lowest BCUT2D eigenvalue weighted by atomic mass is 9.95. The van der Waals surface area contributed by atoms with Crippen molar-refractivity contribution in [3.8, 4) is 22.9 Å². The number of phenols is 2. The lowest BCUT2D eigenvalue weighted by Gasteiger charge is -2.18. The Morgan fingerprint density at radius 1 is 0.660 bits per heavy atom. The van der Waals surface area contributed by atoms with E-state index in [-0.39, 0.29) is 53.3 Å². The van der Waals surface area contributed by atoms with Crippen molar-refractivity contribution in [3.05, 3.63) is 117 Å². The van der Waals surface area contributed by atoms with Gasteiger partial charge in [-0.3, -0.25) is 0 Å². The van der Waals surface area contributed by atoms with Gasteiger partial charge >= 0.3 is 11.9 Å². The summed E-state index contributed by atoms with van der Waals surface area (Å²) in [6, 6.07) is 17.2. The number of fused-ring (bicyclic) bond motifs is 2. The Morgan fingerprint density at radius 3 is 1.42 bits per heavy atom. The maximum Gasteiger partial charge on any atom is 0.333 e. The Hall–Kier alpha value is -5.72. The highest BCUT2D eigenvalue weighted by molar-refractivity contribution is 6.31. The molecule has 0 spiro atoms. The zero-order chi connectivity index (χ0) is 38.1. The van der Waals surface area contributed by atoms with Crippen LogP contribution >= 0.6 is 23.2 Å². The van der Waals surface area contributed by atoms with Gasteiger partial charge in [-0.15, -0.1) is 30.0 Å². The predicted molar refractivity (Wildman–Crippen MR) is 202 cm³/mol. The van der Waals surface area contributed by atoms with E-state index in [1.165, 1.54) is 9.59 Å². The number of carbonyl (C=O) groups excluding carboxylic acids is 2. The first-order valence-corrected chi connectivity index (χ1v) is 17.4. The third kappa shape index (κ3) is 8.34. The fourth-order valence-corrected chi connectivity index (χ4v) is 6.14. The third-order valence-corrected chi connectivity index (χ3v) is 8.78. The lowest BCUT2D eigenvalue weighted by Crippen LogP contribution is -2.18. The van der Waals surface area contributed by atoms with Crippen molar-refractivity contribution in [1.82, 2.24) is 30.0 Å². The van der Waals surface area contributed by atoms with Gasteiger partial charge in [0.25, 0.3) is 0 Å². The molecule has 2 heterocycles. The maximum atomic E-state index is 12.3. The molecule has 0 aliphatic carbocycles. The van der Waals surface area contributed by atoms with E-state index >= 15 is 0 Å². The highest BCUT2D eigenvalue weighted by atomic mass is 35.5. The molecule has 14 heteroatoms. The van der Waals surface area contributed by atoms with E-state index in [4.69, 9.17) is 32.7 Å². The van der Waals surface area contributed by atoms with Gasteiger partial charge in [-0.1, -0.05) is 48.5 Å². The number of hydrogen-bond acceptors (Lipinski definition) is 10. The fourth-order valence-electron chi connectivity index (χ4n) is 5.80. The molecule has 53 heavy (non-hydrogen) atoms. The van der Waals surface area contributed by atoms with Crippen LogP contribution in [-0.4, -0.2) is 64.3 Å². The van der Waals surface area contributed by atoms with Gasteiger partial charge in [-0.25, -0.2) is 9.59 Å². The van der Waals surface area contributed by atoms with Crippen molar-refractivity contribution < 1.29 is 29.3 Å². The van der Waals surface area contributed by atoms with Crippen LogP contribution in [0, 0.1) is 0 Å². The molecule has 0 radical (unpaired) electrons. The summed E-state index contributed by atoms with van der Waals surface area (Å²) in [6.07, 6.45) is -0.512. The molecular formula is C39H36Cl2N6O6. The van der Waals surface area contributed by atoms with Gasteiger partial charge in [0.1, 0.15) is 57.1 Å². The third-order valence-electron chi connectivity index (χ3n) is 8.31. The van der Waals surface area contributed by atoms with Crippen molar-refractivity contribution in [1.29, 1.82) is 0 Å². The van der Waals surface area contributed by atoms with Gasteiger partial charge in [-0.2, -0.15) is 0 Å². The molecule has 2 unspecified atom stereocenters. The maximum absolute atomic E-state index is 12.3. The Kier molecular flexibility index (Phi) is 10.6. The Balaban J connectivity index is 1.46. The molecule has 0 saturated carbocycles. The summed E-state index contributed by atoms with van der Waals surface area (Å²) in [7, 11) is 0. The largest absolute Gasteiger partial charge is 0.505 e. The van der Waals surface area contributed by atoms with E-state index in [1.54, 1.807) is 88.4 Å². The Morgan fingerprint density at radius 2 is 1.04 bits per heavy atom. The second-order valence-corrected chi connectivity index (χ2v) is 13.9. The SMILES string of the molecule is C=C(C)C(=O)OC(C)Cc1cc(Cc2cc(CC(C)OC(=O)C(=C)C)cc(-n3nc4ccc(Cl)cc4n3)c2O)c(O)c(-n2nc3ccc(Cl)cc3n2)c1. The zero-order valence-electron chi connectivity index (χ0n) is 29.4. The van der Waals surface area contributed by atoms with Gasteiger partial charge < -0.3 is 19.7 Å². The summed E-state index contributed by atoms with van der Waals surface area (Å²) >= 11 is 12.4. The van der Waals surface area contributed by atoms with Gasteiger partial charge in [0.05, 0.1) is 0 Å². The van der Waals surface area contributed by atoms with Crippen LogP contribution < -0.4 is 0 Å². The number of benzene rings is 4. The molecule has 0 saturated heterocycles. The monoisotopic (exact) mass is 754 g/mol. The quantitative estimate of drug-likeness (QED) is 0.0945. The standard InChI is InChI=1S/C39H36Cl2N6O6/c1-20(2)38(50)52-22(5)11-24-13-26(36(48)34(15-24)46-42-30-9-7-28(40)18-32(30)44-46)17-27-14-25(12-23(6)53-39(51)21(3)4)16-35(37(27)49)47-43-31-10-8-29(41)19-33(31)45-47/h7-10,13-16,18-19,22-23,48-49H,1,3,11-12,17H2,2,4-6H3. The summed E-state index contributed by atoms with van der Waals surface area (Å²) in [5.41, 5.74) is 5.44. The number of phenolic OH excluding ortho intramolecular Hbond substituents is 2. The van der Waals surface area contributed by atoms with Crippen LogP contribution in [0.1, 0.15) is 49.9 Å². The summed E-state index contributed by atoms with van der Waals surface area (Å²) in [6.45, 7) is 14.0. The van der Waals surface area contributed by atoms with Crippen LogP contribution in [0.2, 0.25) is 10.0 Å². The fraction of sp³-hybridized carbons (Fsp3) is 0.231. The van der Waals surface area contributed by atoms with Gasteiger partial charge in [0.2, 0.25) is 0 Å². The number of aromatic hydroxyl groups is 2. The average Bonchev–Trinajstić information content (AvgIpc) is 3.70. The normalized spacial score (nSPS) is 12.5. The number of carbonyl (C=O) groups is 2. The van der Waals surface area contributed by atoms with Crippen LogP contribution in [0.25, 0.3) is 33.4 Å². The molecule has 272 valence electrons. The van der Waals surface area contributed by atoms with Crippen molar-refractivity contribution in [2.75, 3.05) is 0 Å². The van der Waals surface area contributed by atoms with Gasteiger partial charge in [0.15, 0.2) is 0 Å². The minimum absolute atomic E-state index is 0.0262. The van der Waals surface area contributed by atoms with Crippen LogP contribution in [0.15, 0.2) is 85.0 Å². The van der Waals surface area contributed by atoms with Crippen LogP contribution in [-0.2, 0) is 38.3 Å². The number of hydrogen-bond donors (Lipinski definition) is 2. The van der Waals surface area contributed by atoms with Crippen molar-refractivity contribution in [3.63, 3.8) is 0 Å². The molecule has 0 aliphatic rings. The number of rotatable bonds is 12. The summed E-state index contributed by atoms with van der Waals surface area (Å²) in [5, 5.41) is 42.8. The van der Waals surface area contributed by atoms with Crippen molar-refractivity contribution in [2.24, 2.45) is 0 Å². The number of esters is 2. The molecule has 0 amide bonds. The smallest absolute Gasteiger partial charge is 0.333 e. The second kappa shape index (κ2) is 15.1. The first-order valence-electron chi connectivity index (χ1n) is 16.6. The van der Waals surface area contributed by atoms with E-state index in [9.17, 15) is 19.8 Å². The minimum atomic E-state index is -0.548. The molecule has 0 aliphatic heterocycles. The van der Waals surface area contributed by atoms with Crippen molar-refractivity contribution in [2.45, 2.75) is 59.2 Å². The molecule has 2 atom stereocenters. The van der Waals surface area contributed by atoms with Crippen LogP contribution in [0.3, 0.4) is 0 Å². The van der Waals surface area contributed by atoms with E-state index in [2.05, 4.69) is 33.6 Å². The molecule has 2 N–H and O–H groups in total. The molecule has 4 aromatic carbocycles. The molecule has 12 nitrogen and oxygen atoms in total. The van der Waals surface area contributed by atoms with E-state index < -0.39 is 24.1 Å². The molecule has 0 fully saturated rings. The predicted octanol–water partition coefficient (Wildman–Crippen LogP) is 7.56. The van der Waals surface area contributed by atoms with E-state index in [1.807, 2.05) is 0 Å². The van der Waals surface area contributed by atoms with Crippen LogP contribution in [0.5, 0.6) is 11.5 Å². The Labute approximate surface area is 314 Å². The van der Waals surface area contributed by atoms with Crippen LogP contribution in [0.4, 0.5) is 0 Å². The van der Waals surface area contributed by atoms with E-state index in [0.717, 1.165) is 0 Å². The lowest BCUT2D eigenvalue weighted by molar-refractivity contribution is -0.144. The van der Waals surface area contributed by atoms with Gasteiger partial charge in [-0.05, 0) is 87.4 Å². The Bertz CT molecular complexity index is 2270. The summed E-state index contributed by atoms with van der Waals surface area (Å²) in [4.78, 5) is 27.2. The first-order chi connectivity index (χ1) is 25.1. The first kappa shape index (κ1) is 37.1. The number of halogens is 2. The number of ether oxygens (including phenoxy) is 2. The molecule has 0 bridgehead atoms. The van der Waals surface area contributed by atoms with E-state index in [0.29, 0.717) is 54.4 Å². The van der Waals surface area contributed by atoms with Gasteiger partial charge in [0, 0.05) is 51.6 Å². The topological polar surface area (TPSA) is 154 Å². The molecular weight excluding hydrogens is 719 g/mol. The summed E-state index contributed by atoms with van der Waals surface area (Å²) < 4.78 is 11.1. The number of aromatic nitrogens is 6. The summed E-state index contributed by atoms with van der Waals surface area (Å²) in [5.74, 6) is -1.32. The highest BCUT2D eigenvalue weighted by Crippen LogP contribution is 2.36. The molecule has 6 aromatic rings. The zero-order valence-corrected chi connectivity index (χ0v) is 30.9. The molecule has 6 rings (SSSR count). The average molecular weight is 756 g/mol. The second-order valence-electron chi connectivity index (χ2n) is 13.1. The highest BCUT2D eigenvalue weighted by Gasteiger charge is 2.22.